The van der Waals surface area contributed by atoms with Gasteiger partial charge in [-0.25, -0.2) is 13.8 Å². The van der Waals surface area contributed by atoms with Crippen LogP contribution in [0, 0.1) is 11.6 Å². The van der Waals surface area contributed by atoms with Crippen molar-refractivity contribution in [3.05, 3.63) is 93.9 Å². The summed E-state index contributed by atoms with van der Waals surface area (Å²) < 4.78 is 40.7. The number of anilines is 1. The highest BCUT2D eigenvalue weighted by atomic mass is 19.2. The Morgan fingerprint density at radius 3 is 2.74 bits per heavy atom. The minimum Gasteiger partial charge on any atom is -0.377 e. The molecule has 7 rings (SSSR count). The van der Waals surface area contributed by atoms with Crippen LogP contribution in [0.25, 0.3) is 6.08 Å². The first-order valence-corrected chi connectivity index (χ1v) is 15.4. The van der Waals surface area contributed by atoms with Gasteiger partial charge in [0.05, 0.1) is 37.4 Å². The van der Waals surface area contributed by atoms with Gasteiger partial charge in [-0.15, -0.1) is 0 Å². The number of pyridine rings is 2. The Morgan fingerprint density at radius 1 is 1.02 bits per heavy atom. The Hall–Kier alpha value is -4.55. The minimum atomic E-state index is -0.999. The zero-order valence-corrected chi connectivity index (χ0v) is 25.2. The van der Waals surface area contributed by atoms with E-state index in [9.17, 15) is 18.8 Å². The zero-order valence-electron chi connectivity index (χ0n) is 25.2. The highest BCUT2D eigenvalue weighted by Crippen LogP contribution is 2.46. The van der Waals surface area contributed by atoms with Crippen LogP contribution in [0.15, 0.2) is 48.8 Å². The highest BCUT2D eigenvalue weighted by Gasteiger charge is 2.52. The summed E-state index contributed by atoms with van der Waals surface area (Å²) in [6.45, 7) is 3.12. The van der Waals surface area contributed by atoms with Crippen LogP contribution in [0.2, 0.25) is 0 Å². The summed E-state index contributed by atoms with van der Waals surface area (Å²) >= 11 is 0. The number of hydrogen-bond donors (Lipinski definition) is 2. The maximum Gasteiger partial charge on any atom is 0.253 e. The normalized spacial score (nSPS) is 27.1. The lowest BCUT2D eigenvalue weighted by atomic mass is 9.79. The van der Waals surface area contributed by atoms with Crippen LogP contribution < -0.4 is 10.6 Å². The third kappa shape index (κ3) is 5.25. The lowest BCUT2D eigenvalue weighted by Crippen LogP contribution is -2.58. The van der Waals surface area contributed by atoms with Crippen molar-refractivity contribution in [2.75, 3.05) is 38.3 Å². The fraction of sp³-hybridized carbons (Fsp3) is 0.382. The number of hydrogen-bond acceptors (Lipinski definition) is 7. The largest absolute Gasteiger partial charge is 0.377 e. The van der Waals surface area contributed by atoms with Crippen LogP contribution in [0.3, 0.4) is 0 Å². The Labute approximate surface area is 264 Å². The van der Waals surface area contributed by atoms with E-state index in [-0.39, 0.29) is 49.1 Å². The molecule has 1 aromatic carbocycles. The molecule has 1 saturated heterocycles. The van der Waals surface area contributed by atoms with Crippen molar-refractivity contribution in [2.24, 2.45) is 0 Å². The smallest absolute Gasteiger partial charge is 0.253 e. The first kappa shape index (κ1) is 30.1. The number of piperidine rings is 1. The van der Waals surface area contributed by atoms with Crippen molar-refractivity contribution in [3.63, 3.8) is 0 Å². The zero-order chi connectivity index (χ0) is 32.0. The first-order chi connectivity index (χ1) is 22.2. The topological polar surface area (TPSA) is 123 Å². The van der Waals surface area contributed by atoms with Crippen molar-refractivity contribution in [3.8, 4) is 0 Å². The van der Waals surface area contributed by atoms with Gasteiger partial charge in [0.25, 0.3) is 5.91 Å². The monoisotopic (exact) mass is 629 g/mol. The van der Waals surface area contributed by atoms with E-state index in [0.29, 0.717) is 37.6 Å². The summed E-state index contributed by atoms with van der Waals surface area (Å²) in [5.74, 6) is -3.05. The van der Waals surface area contributed by atoms with E-state index in [1.165, 1.54) is 18.3 Å². The molecule has 4 atom stereocenters. The van der Waals surface area contributed by atoms with Gasteiger partial charge in [-0.2, -0.15) is 0 Å². The number of nitrogens with one attached hydrogen (secondary N) is 2. The second-order valence-corrected chi connectivity index (χ2v) is 12.3. The number of ether oxygens (including phenoxy) is 2. The molecule has 3 aromatic rings. The van der Waals surface area contributed by atoms with Gasteiger partial charge >= 0.3 is 0 Å². The molecular weight excluding hydrogens is 596 g/mol. The van der Waals surface area contributed by atoms with E-state index >= 15 is 4.39 Å². The second kappa shape index (κ2) is 12.0. The molecule has 10 nitrogen and oxygen atoms in total. The molecular formula is C34H33F2N5O5. The van der Waals surface area contributed by atoms with Gasteiger partial charge in [-0.1, -0.05) is 24.3 Å². The average Bonchev–Trinajstić information content (AvgIpc) is 3.56. The molecule has 3 amide bonds. The van der Waals surface area contributed by atoms with Crippen molar-refractivity contribution >= 4 is 29.6 Å². The predicted molar refractivity (Wildman–Crippen MR) is 163 cm³/mol. The summed E-state index contributed by atoms with van der Waals surface area (Å²) in [5.41, 5.74) is 2.55. The highest BCUT2D eigenvalue weighted by molar-refractivity contribution is 6.06. The van der Waals surface area contributed by atoms with E-state index in [2.05, 4.69) is 20.6 Å². The number of amides is 3. The van der Waals surface area contributed by atoms with Gasteiger partial charge in [0.1, 0.15) is 11.9 Å². The summed E-state index contributed by atoms with van der Waals surface area (Å²) in [6, 6.07) is 6.18. The molecule has 2 N–H and O–H groups in total. The van der Waals surface area contributed by atoms with Crippen molar-refractivity contribution in [2.45, 2.75) is 49.6 Å². The molecule has 7 bridgehead atoms. The number of nitrogens with zero attached hydrogens (tertiary/aromatic N) is 3. The molecule has 0 radical (unpaired) electrons. The maximum atomic E-state index is 15.0. The van der Waals surface area contributed by atoms with Gasteiger partial charge in [0, 0.05) is 48.6 Å². The van der Waals surface area contributed by atoms with E-state index in [4.69, 9.17) is 9.47 Å². The molecule has 1 aliphatic carbocycles. The Bertz CT molecular complexity index is 1770. The number of halogens is 2. The molecule has 3 unspecified atom stereocenters. The molecule has 1 fully saturated rings. The summed E-state index contributed by atoms with van der Waals surface area (Å²) in [5, 5.41) is 5.74. The number of carbonyl (C=O) groups is 3. The van der Waals surface area contributed by atoms with Gasteiger partial charge in [0.15, 0.2) is 11.6 Å². The molecule has 4 aliphatic rings. The van der Waals surface area contributed by atoms with Crippen LogP contribution >= 0.6 is 0 Å². The number of benzene rings is 1. The lowest BCUT2D eigenvalue weighted by molar-refractivity contribution is -0.140. The van der Waals surface area contributed by atoms with E-state index < -0.39 is 41.0 Å². The number of rotatable bonds is 1. The van der Waals surface area contributed by atoms with Gasteiger partial charge < -0.3 is 25.0 Å². The van der Waals surface area contributed by atoms with Crippen LogP contribution in [-0.4, -0.2) is 77.6 Å². The third-order valence-corrected chi connectivity index (χ3v) is 9.58. The number of fused-ring (bicyclic) bond motifs is 4. The molecule has 46 heavy (non-hydrogen) atoms. The number of carbonyl (C=O) groups excluding carboxylic acids is 3. The van der Waals surface area contributed by atoms with Crippen LogP contribution in [0.4, 0.5) is 14.6 Å². The summed E-state index contributed by atoms with van der Waals surface area (Å²) in [7, 11) is 0. The molecule has 5 heterocycles. The van der Waals surface area contributed by atoms with E-state index in [0.717, 1.165) is 22.8 Å². The third-order valence-electron chi connectivity index (χ3n) is 9.58. The van der Waals surface area contributed by atoms with Gasteiger partial charge in [0.2, 0.25) is 11.8 Å². The Kier molecular flexibility index (Phi) is 7.85. The Morgan fingerprint density at radius 2 is 1.87 bits per heavy atom. The lowest BCUT2D eigenvalue weighted by Gasteiger charge is -2.43. The summed E-state index contributed by atoms with van der Waals surface area (Å²) in [6.07, 6.45) is 7.66. The molecule has 3 aliphatic heterocycles. The van der Waals surface area contributed by atoms with Crippen LogP contribution in [-0.2, 0) is 37.3 Å². The van der Waals surface area contributed by atoms with Crippen molar-refractivity contribution in [1.82, 2.24) is 20.2 Å². The average molecular weight is 630 g/mol. The van der Waals surface area contributed by atoms with E-state index in [1.54, 1.807) is 24.1 Å². The molecule has 1 spiro atoms. The first-order valence-electron chi connectivity index (χ1n) is 15.4. The van der Waals surface area contributed by atoms with Crippen molar-refractivity contribution in [1.29, 1.82) is 0 Å². The predicted octanol–water partition coefficient (Wildman–Crippen LogP) is 3.31. The van der Waals surface area contributed by atoms with Gasteiger partial charge in [-0.3, -0.25) is 19.4 Å². The van der Waals surface area contributed by atoms with Gasteiger partial charge in [-0.05, 0) is 54.7 Å². The summed E-state index contributed by atoms with van der Waals surface area (Å²) in [4.78, 5) is 51.3. The van der Waals surface area contributed by atoms with Crippen molar-refractivity contribution < 1.29 is 32.6 Å². The maximum absolute atomic E-state index is 15.0. The standard InChI is InChI=1S/C34H33F2N5O5/c1-19-24(23-5-2-6-26(35)29(23)36)14-27-32(43)41(19)7-9-46-11-10-45-8-3-4-20-12-25-30(38-17-20)40-33(44)34(25)15-21-13-22(31(42)39-27)18-37-28(21)16-34/h2-6,12-13,17-19,24,27H,7-11,14-16H2,1H3,(H,39,42)(H,38,40,44)/b4-3-/t19?,24?,27?,34-/m0/s1. The molecule has 238 valence electrons. The fourth-order valence-corrected chi connectivity index (χ4v) is 7.14. The molecule has 0 saturated carbocycles. The molecule has 2 aromatic heterocycles. The Balaban J connectivity index is 1.21. The van der Waals surface area contributed by atoms with Crippen LogP contribution in [0.1, 0.15) is 57.6 Å². The fourth-order valence-electron chi connectivity index (χ4n) is 7.14. The molecule has 12 heteroatoms. The number of aromatic nitrogens is 2. The SMILES string of the molecule is CC1C(c2cccc(F)c2F)CC2NC(=O)c3cnc4c(c3)C[C@@]3(C4)C(=O)Nc4ncc(cc43)/C=C\COCCOCCN1C2=O. The quantitative estimate of drug-likeness (QED) is 0.424. The van der Waals surface area contributed by atoms with E-state index in [1.807, 2.05) is 18.2 Å². The minimum absolute atomic E-state index is 0.0819. The van der Waals surface area contributed by atoms with Crippen LogP contribution in [0.5, 0.6) is 0 Å². The second-order valence-electron chi connectivity index (χ2n) is 12.3.